The molecule has 1 heterocycles. The van der Waals surface area contributed by atoms with Gasteiger partial charge >= 0.3 is 5.97 Å². The topological polar surface area (TPSA) is 104 Å². The summed E-state index contributed by atoms with van der Waals surface area (Å²) in [6.45, 7) is 2.42. The normalized spacial score (nSPS) is 16.9. The van der Waals surface area contributed by atoms with Crippen molar-refractivity contribution in [1.82, 2.24) is 9.62 Å². The Bertz CT molecular complexity index is 676. The highest BCUT2D eigenvalue weighted by Crippen LogP contribution is 2.15. The Morgan fingerprint density at radius 3 is 2.17 bits per heavy atom. The molecule has 1 aliphatic heterocycles. The van der Waals surface area contributed by atoms with Crippen LogP contribution in [0.25, 0.3) is 0 Å². The Balaban J connectivity index is 1.91. The van der Waals surface area contributed by atoms with Gasteiger partial charge in [0.1, 0.15) is 0 Å². The van der Waals surface area contributed by atoms with Crippen LogP contribution in [0.3, 0.4) is 0 Å². The summed E-state index contributed by atoms with van der Waals surface area (Å²) in [6, 6.07) is 5.62. The Kier molecular flexibility index (Phi) is 5.38. The molecule has 1 aromatic carbocycles. The van der Waals surface area contributed by atoms with Gasteiger partial charge < -0.3 is 10.4 Å². The number of benzene rings is 1. The van der Waals surface area contributed by atoms with E-state index in [1.54, 1.807) is 6.92 Å². The quantitative estimate of drug-likeness (QED) is 0.830. The second-order valence-corrected chi connectivity index (χ2v) is 7.69. The van der Waals surface area contributed by atoms with Gasteiger partial charge in [-0.3, -0.25) is 4.79 Å². The molecule has 0 aromatic heterocycles. The van der Waals surface area contributed by atoms with Crippen molar-refractivity contribution in [3.05, 3.63) is 35.4 Å². The number of carbonyl (C=O) groups is 2. The molecule has 7 nitrogen and oxygen atoms in total. The largest absolute Gasteiger partial charge is 0.478 e. The molecule has 1 saturated heterocycles. The van der Waals surface area contributed by atoms with Crippen molar-refractivity contribution in [2.24, 2.45) is 0 Å². The van der Waals surface area contributed by atoms with Gasteiger partial charge in [-0.15, -0.1) is 0 Å². The number of rotatable bonds is 5. The van der Waals surface area contributed by atoms with Crippen molar-refractivity contribution in [3.63, 3.8) is 0 Å². The van der Waals surface area contributed by atoms with Crippen molar-refractivity contribution in [1.29, 1.82) is 0 Å². The lowest BCUT2D eigenvalue weighted by Gasteiger charge is -2.31. The van der Waals surface area contributed by atoms with Crippen LogP contribution in [0.1, 0.15) is 40.5 Å². The second kappa shape index (κ2) is 7.10. The third-order valence-corrected chi connectivity index (χ3v) is 5.82. The monoisotopic (exact) mass is 340 g/mol. The molecule has 126 valence electrons. The zero-order chi connectivity index (χ0) is 17.0. The molecular formula is C15H20N2O5S. The van der Waals surface area contributed by atoms with Gasteiger partial charge in [-0.2, -0.15) is 0 Å². The standard InChI is InChI=1S/C15H20N2O5S/c1-2-23(21,22)17-9-7-13(8-10-17)16-14(18)11-3-5-12(6-4-11)15(19)20/h3-6,13H,2,7-10H2,1H3,(H,16,18)(H,19,20). The number of nitrogens with zero attached hydrogens (tertiary/aromatic N) is 1. The first-order chi connectivity index (χ1) is 10.8. The predicted molar refractivity (Wildman–Crippen MR) is 84.9 cm³/mol. The molecule has 1 aliphatic rings. The number of hydrogen-bond donors (Lipinski definition) is 2. The lowest BCUT2D eigenvalue weighted by molar-refractivity contribution is 0.0696. The smallest absolute Gasteiger partial charge is 0.335 e. The minimum atomic E-state index is -3.17. The summed E-state index contributed by atoms with van der Waals surface area (Å²) in [5.41, 5.74) is 0.512. The highest BCUT2D eigenvalue weighted by Gasteiger charge is 2.27. The van der Waals surface area contributed by atoms with E-state index in [0.717, 1.165) is 0 Å². The van der Waals surface area contributed by atoms with Crippen LogP contribution in [0.15, 0.2) is 24.3 Å². The van der Waals surface area contributed by atoms with Crippen molar-refractivity contribution >= 4 is 21.9 Å². The zero-order valence-electron chi connectivity index (χ0n) is 12.9. The van der Waals surface area contributed by atoms with Crippen molar-refractivity contribution < 1.29 is 23.1 Å². The Morgan fingerprint density at radius 1 is 1.17 bits per heavy atom. The fourth-order valence-electron chi connectivity index (χ4n) is 2.49. The van der Waals surface area contributed by atoms with E-state index < -0.39 is 16.0 Å². The number of carbonyl (C=O) groups excluding carboxylic acids is 1. The SMILES string of the molecule is CCS(=O)(=O)N1CCC(NC(=O)c2ccc(C(=O)O)cc2)CC1. The highest BCUT2D eigenvalue weighted by molar-refractivity contribution is 7.89. The van der Waals surface area contributed by atoms with Gasteiger partial charge in [0.2, 0.25) is 10.0 Å². The number of sulfonamides is 1. The molecule has 0 spiro atoms. The Hall–Kier alpha value is -1.93. The van der Waals surface area contributed by atoms with Crippen molar-refractivity contribution in [2.75, 3.05) is 18.8 Å². The molecule has 0 saturated carbocycles. The molecule has 1 fully saturated rings. The fraction of sp³-hybridized carbons (Fsp3) is 0.467. The fourth-order valence-corrected chi connectivity index (χ4v) is 3.63. The molecule has 0 bridgehead atoms. The van der Waals surface area contributed by atoms with E-state index >= 15 is 0 Å². The molecule has 2 N–H and O–H groups in total. The highest BCUT2D eigenvalue weighted by atomic mass is 32.2. The molecule has 0 atom stereocenters. The van der Waals surface area contributed by atoms with Gasteiger partial charge in [0, 0.05) is 24.7 Å². The van der Waals surface area contributed by atoms with Crippen LogP contribution >= 0.6 is 0 Å². The number of hydrogen-bond acceptors (Lipinski definition) is 4. The van der Waals surface area contributed by atoms with Crippen LogP contribution in [-0.2, 0) is 10.0 Å². The van der Waals surface area contributed by atoms with E-state index in [9.17, 15) is 18.0 Å². The lowest BCUT2D eigenvalue weighted by Crippen LogP contribution is -2.46. The van der Waals surface area contributed by atoms with Gasteiger partial charge in [-0.05, 0) is 44.0 Å². The Labute approximate surface area is 135 Å². The van der Waals surface area contributed by atoms with E-state index in [-0.39, 0.29) is 23.3 Å². The summed E-state index contributed by atoms with van der Waals surface area (Å²) in [5, 5.41) is 11.7. The number of amides is 1. The molecule has 2 rings (SSSR count). The first-order valence-corrected chi connectivity index (χ1v) is 9.06. The first kappa shape index (κ1) is 17.4. The first-order valence-electron chi connectivity index (χ1n) is 7.45. The third kappa shape index (κ3) is 4.29. The van der Waals surface area contributed by atoms with Crippen LogP contribution in [0.5, 0.6) is 0 Å². The van der Waals surface area contributed by atoms with Crippen LogP contribution in [0.2, 0.25) is 0 Å². The van der Waals surface area contributed by atoms with Crippen molar-refractivity contribution in [3.8, 4) is 0 Å². The van der Waals surface area contributed by atoms with Gasteiger partial charge in [0.15, 0.2) is 0 Å². The van der Waals surface area contributed by atoms with E-state index in [1.807, 2.05) is 0 Å². The number of aromatic carboxylic acids is 1. The molecule has 1 aromatic rings. The molecule has 8 heteroatoms. The van der Waals surface area contributed by atoms with Crippen LogP contribution < -0.4 is 5.32 Å². The third-order valence-electron chi connectivity index (χ3n) is 3.94. The summed E-state index contributed by atoms with van der Waals surface area (Å²) >= 11 is 0. The molecule has 23 heavy (non-hydrogen) atoms. The number of piperidine rings is 1. The number of nitrogens with one attached hydrogen (secondary N) is 1. The summed E-state index contributed by atoms with van der Waals surface area (Å²) < 4.78 is 25.0. The summed E-state index contributed by atoms with van der Waals surface area (Å²) in [4.78, 5) is 22.9. The van der Waals surface area contributed by atoms with E-state index in [2.05, 4.69) is 5.32 Å². The van der Waals surface area contributed by atoms with Gasteiger partial charge in [0.05, 0.1) is 11.3 Å². The lowest BCUT2D eigenvalue weighted by atomic mass is 10.1. The molecular weight excluding hydrogens is 320 g/mol. The maximum Gasteiger partial charge on any atom is 0.335 e. The second-order valence-electron chi connectivity index (χ2n) is 5.43. The molecule has 1 amide bonds. The average Bonchev–Trinajstić information content (AvgIpc) is 2.55. The van der Waals surface area contributed by atoms with Gasteiger partial charge in [-0.1, -0.05) is 0 Å². The van der Waals surface area contributed by atoms with Gasteiger partial charge in [0.25, 0.3) is 5.91 Å². The summed E-state index contributed by atoms with van der Waals surface area (Å²) in [5.74, 6) is -1.24. The number of carboxylic acid groups (broad SMARTS) is 1. The zero-order valence-corrected chi connectivity index (χ0v) is 13.7. The minimum Gasteiger partial charge on any atom is -0.478 e. The average molecular weight is 340 g/mol. The number of carboxylic acids is 1. The van der Waals surface area contributed by atoms with Crippen LogP contribution in [0, 0.1) is 0 Å². The predicted octanol–water partition coefficient (Wildman–Crippen LogP) is 0.929. The maximum absolute atomic E-state index is 12.1. The summed E-state index contributed by atoms with van der Waals surface area (Å²) in [6.07, 6.45) is 1.14. The van der Waals surface area contributed by atoms with Crippen LogP contribution in [-0.4, -0.2) is 54.6 Å². The van der Waals surface area contributed by atoms with E-state index in [1.165, 1.54) is 28.6 Å². The molecule has 0 unspecified atom stereocenters. The van der Waals surface area contributed by atoms with Crippen molar-refractivity contribution in [2.45, 2.75) is 25.8 Å². The molecule has 0 aliphatic carbocycles. The Morgan fingerprint density at radius 2 is 1.70 bits per heavy atom. The van der Waals surface area contributed by atoms with Gasteiger partial charge in [-0.25, -0.2) is 17.5 Å². The molecule has 0 radical (unpaired) electrons. The van der Waals surface area contributed by atoms with E-state index in [4.69, 9.17) is 5.11 Å². The summed E-state index contributed by atoms with van der Waals surface area (Å²) in [7, 11) is -3.17. The minimum absolute atomic E-state index is 0.0787. The maximum atomic E-state index is 12.1. The van der Waals surface area contributed by atoms with E-state index in [0.29, 0.717) is 31.5 Å². The van der Waals surface area contributed by atoms with Crippen LogP contribution in [0.4, 0.5) is 0 Å².